The van der Waals surface area contributed by atoms with Gasteiger partial charge >= 0.3 is 6.09 Å². The molecule has 1 aliphatic heterocycles. The van der Waals surface area contributed by atoms with Gasteiger partial charge in [-0.2, -0.15) is 5.26 Å². The number of halogens is 1. The van der Waals surface area contributed by atoms with Crippen molar-refractivity contribution in [1.82, 2.24) is 19.7 Å². The zero-order chi connectivity index (χ0) is 26.2. The Labute approximate surface area is 221 Å². The third-order valence-corrected chi connectivity index (χ3v) is 6.94. The summed E-state index contributed by atoms with van der Waals surface area (Å²) in [5, 5.41) is 18.7. The molecular weight excluding hydrogens is 490 g/mol. The molecule has 9 heteroatoms. The van der Waals surface area contributed by atoms with Crippen LogP contribution in [-0.4, -0.2) is 37.5 Å². The van der Waals surface area contributed by atoms with Gasteiger partial charge in [0.15, 0.2) is 5.82 Å². The van der Waals surface area contributed by atoms with E-state index in [0.29, 0.717) is 29.5 Å². The smallest absolute Gasteiger partial charge is 0.411 e. The number of aromatic nitrogens is 3. The second-order valence-electron chi connectivity index (χ2n) is 10.6. The van der Waals surface area contributed by atoms with Crippen LogP contribution in [0.25, 0.3) is 5.69 Å². The lowest BCUT2D eigenvalue weighted by molar-refractivity contribution is 0.0214. The van der Waals surface area contributed by atoms with Crippen LogP contribution >= 0.6 is 11.6 Å². The minimum Gasteiger partial charge on any atom is -0.490 e. The molecule has 0 N–H and O–H groups in total. The van der Waals surface area contributed by atoms with E-state index in [1.165, 1.54) is 0 Å². The molecule has 1 aliphatic carbocycles. The first kappa shape index (κ1) is 25.1. The molecule has 37 heavy (non-hydrogen) atoms. The molecule has 1 aromatic heterocycles. The molecule has 3 aromatic rings. The van der Waals surface area contributed by atoms with Crippen LogP contribution in [0.15, 0.2) is 42.5 Å². The van der Waals surface area contributed by atoms with Crippen LogP contribution in [0.3, 0.4) is 0 Å². The molecule has 2 heterocycles. The number of hydrogen-bond donors (Lipinski definition) is 0. The predicted molar refractivity (Wildman–Crippen MR) is 139 cm³/mol. The standard InChI is InChI=1S/C28H30ClN5O3/c1-28(2,3)37-27(35)33-16-20-14-21(29)8-13-24(20)34-25(17-33)31-32-26(34)19-6-11-23(12-7-19)36-22-9-4-18(15-30)5-10-22/h4-5,8-10,13-14,19,23H,6-7,11-12,16-17H2,1-3H3. The molecule has 0 bridgehead atoms. The van der Waals surface area contributed by atoms with E-state index in [9.17, 15) is 4.79 Å². The number of nitriles is 1. The number of carbonyl (C=O) groups is 1. The van der Waals surface area contributed by atoms with Crippen LogP contribution in [0.2, 0.25) is 5.02 Å². The number of hydrogen-bond acceptors (Lipinski definition) is 6. The van der Waals surface area contributed by atoms with Gasteiger partial charge in [0.25, 0.3) is 0 Å². The number of ether oxygens (including phenoxy) is 2. The largest absolute Gasteiger partial charge is 0.490 e. The van der Waals surface area contributed by atoms with Crippen molar-refractivity contribution >= 4 is 17.7 Å². The molecule has 0 radical (unpaired) electrons. The monoisotopic (exact) mass is 519 g/mol. The lowest BCUT2D eigenvalue weighted by Gasteiger charge is -2.29. The summed E-state index contributed by atoms with van der Waals surface area (Å²) in [6, 6.07) is 15.1. The van der Waals surface area contributed by atoms with Gasteiger partial charge in [-0.25, -0.2) is 4.79 Å². The van der Waals surface area contributed by atoms with E-state index in [0.717, 1.165) is 48.5 Å². The number of fused-ring (bicyclic) bond motifs is 3. The van der Waals surface area contributed by atoms with E-state index < -0.39 is 11.7 Å². The molecular formula is C28H30ClN5O3. The Hall–Kier alpha value is -3.57. The topological polar surface area (TPSA) is 93.3 Å². The molecule has 1 saturated carbocycles. The van der Waals surface area contributed by atoms with Crippen LogP contribution in [0, 0.1) is 11.3 Å². The van der Waals surface area contributed by atoms with Gasteiger partial charge in [-0.3, -0.25) is 9.47 Å². The first-order chi connectivity index (χ1) is 17.7. The highest BCUT2D eigenvalue weighted by Crippen LogP contribution is 2.37. The van der Waals surface area contributed by atoms with Gasteiger partial charge in [0, 0.05) is 10.9 Å². The quantitative estimate of drug-likeness (QED) is 0.412. The average Bonchev–Trinajstić information content (AvgIpc) is 3.19. The summed E-state index contributed by atoms with van der Waals surface area (Å²) >= 11 is 6.35. The zero-order valence-electron chi connectivity index (χ0n) is 21.3. The van der Waals surface area contributed by atoms with Crippen molar-refractivity contribution in [2.45, 2.75) is 77.2 Å². The van der Waals surface area contributed by atoms with Crippen molar-refractivity contribution in [3.8, 4) is 17.5 Å². The second-order valence-corrected chi connectivity index (χ2v) is 11.1. The Balaban J connectivity index is 1.36. The molecule has 192 valence electrons. The average molecular weight is 520 g/mol. The Kier molecular flexibility index (Phi) is 6.82. The number of carbonyl (C=O) groups excluding carboxylic acids is 1. The van der Waals surface area contributed by atoms with E-state index >= 15 is 0 Å². The Morgan fingerprint density at radius 2 is 1.78 bits per heavy atom. The number of rotatable bonds is 3. The van der Waals surface area contributed by atoms with E-state index in [4.69, 9.17) is 26.3 Å². The third kappa shape index (κ3) is 5.57. The van der Waals surface area contributed by atoms with Gasteiger partial charge < -0.3 is 9.47 Å². The molecule has 0 unspecified atom stereocenters. The molecule has 1 fully saturated rings. The fourth-order valence-electron chi connectivity index (χ4n) is 4.99. The molecule has 0 atom stereocenters. The van der Waals surface area contributed by atoms with Crippen molar-refractivity contribution in [3.05, 3.63) is 70.3 Å². The Morgan fingerprint density at radius 1 is 1.05 bits per heavy atom. The molecule has 0 saturated heterocycles. The van der Waals surface area contributed by atoms with E-state index in [1.807, 2.05) is 51.1 Å². The first-order valence-electron chi connectivity index (χ1n) is 12.6. The van der Waals surface area contributed by atoms with Crippen molar-refractivity contribution in [2.75, 3.05) is 0 Å². The van der Waals surface area contributed by atoms with Gasteiger partial charge in [-0.05, 0) is 94.5 Å². The van der Waals surface area contributed by atoms with Gasteiger partial charge in [0.1, 0.15) is 17.2 Å². The maximum absolute atomic E-state index is 13.0. The first-order valence-corrected chi connectivity index (χ1v) is 13.0. The van der Waals surface area contributed by atoms with Crippen LogP contribution in [0.5, 0.6) is 5.75 Å². The van der Waals surface area contributed by atoms with Crippen molar-refractivity contribution < 1.29 is 14.3 Å². The highest BCUT2D eigenvalue weighted by molar-refractivity contribution is 6.30. The predicted octanol–water partition coefficient (Wildman–Crippen LogP) is 6.15. The fraction of sp³-hybridized carbons (Fsp3) is 0.429. The van der Waals surface area contributed by atoms with Gasteiger partial charge in [-0.1, -0.05) is 11.6 Å². The third-order valence-electron chi connectivity index (χ3n) is 6.71. The minimum absolute atomic E-state index is 0.115. The molecule has 0 spiro atoms. The molecule has 5 rings (SSSR count). The van der Waals surface area contributed by atoms with Crippen molar-refractivity contribution in [3.63, 3.8) is 0 Å². The maximum atomic E-state index is 13.0. The molecule has 2 aliphatic rings. The summed E-state index contributed by atoms with van der Waals surface area (Å²) in [7, 11) is 0. The highest BCUT2D eigenvalue weighted by Gasteiger charge is 2.33. The van der Waals surface area contributed by atoms with Crippen LogP contribution < -0.4 is 4.74 Å². The van der Waals surface area contributed by atoms with E-state index in [-0.39, 0.29) is 12.0 Å². The summed E-state index contributed by atoms with van der Waals surface area (Å²) in [6.07, 6.45) is 3.34. The SMILES string of the molecule is CC(C)(C)OC(=O)N1Cc2cc(Cl)ccc2-n2c(nnc2C2CCC(Oc3ccc(C#N)cc3)CC2)C1. The lowest BCUT2D eigenvalue weighted by atomic mass is 9.86. The van der Waals surface area contributed by atoms with E-state index in [1.54, 1.807) is 17.0 Å². The second kappa shape index (κ2) is 10.1. The zero-order valence-corrected chi connectivity index (χ0v) is 22.0. The van der Waals surface area contributed by atoms with Crippen LogP contribution in [0.4, 0.5) is 4.79 Å². The number of benzene rings is 2. The minimum atomic E-state index is -0.599. The summed E-state index contributed by atoms with van der Waals surface area (Å²) < 4.78 is 13.9. The van der Waals surface area contributed by atoms with Crippen LogP contribution in [0.1, 0.15) is 75.1 Å². The maximum Gasteiger partial charge on any atom is 0.411 e. The molecule has 1 amide bonds. The Bertz CT molecular complexity index is 1330. The summed E-state index contributed by atoms with van der Waals surface area (Å²) in [5.41, 5.74) is 1.89. The van der Waals surface area contributed by atoms with Gasteiger partial charge in [0.2, 0.25) is 0 Å². The van der Waals surface area contributed by atoms with E-state index in [2.05, 4.69) is 20.8 Å². The fourth-order valence-corrected chi connectivity index (χ4v) is 5.18. The number of nitrogens with zero attached hydrogens (tertiary/aromatic N) is 5. The lowest BCUT2D eigenvalue weighted by Crippen LogP contribution is -2.35. The Morgan fingerprint density at radius 3 is 2.46 bits per heavy atom. The summed E-state index contributed by atoms with van der Waals surface area (Å²) in [5.74, 6) is 2.62. The highest BCUT2D eigenvalue weighted by atomic mass is 35.5. The molecule has 8 nitrogen and oxygen atoms in total. The normalized spacial score (nSPS) is 19.3. The van der Waals surface area contributed by atoms with Gasteiger partial charge in [0.05, 0.1) is 36.5 Å². The van der Waals surface area contributed by atoms with Crippen LogP contribution in [-0.2, 0) is 17.8 Å². The van der Waals surface area contributed by atoms with Crippen molar-refractivity contribution in [2.24, 2.45) is 0 Å². The van der Waals surface area contributed by atoms with Crippen molar-refractivity contribution in [1.29, 1.82) is 5.26 Å². The molecule has 2 aromatic carbocycles. The number of amides is 1. The van der Waals surface area contributed by atoms with Gasteiger partial charge in [-0.15, -0.1) is 10.2 Å². The summed E-state index contributed by atoms with van der Waals surface area (Å²) in [4.78, 5) is 14.6. The summed E-state index contributed by atoms with van der Waals surface area (Å²) in [6.45, 7) is 6.24.